The summed E-state index contributed by atoms with van der Waals surface area (Å²) in [6.07, 6.45) is 6.63. The summed E-state index contributed by atoms with van der Waals surface area (Å²) in [5, 5.41) is 3.62. The molecule has 7 heteroatoms. The summed E-state index contributed by atoms with van der Waals surface area (Å²) in [5.41, 5.74) is 4.96. The minimum absolute atomic E-state index is 0.216. The molecule has 2 aromatic heterocycles. The van der Waals surface area contributed by atoms with Crippen molar-refractivity contribution in [3.63, 3.8) is 0 Å². The molecule has 1 fully saturated rings. The van der Waals surface area contributed by atoms with Crippen LogP contribution in [0.25, 0.3) is 22.3 Å². The Morgan fingerprint density at radius 3 is 2.55 bits per heavy atom. The third kappa shape index (κ3) is 4.89. The van der Waals surface area contributed by atoms with E-state index in [9.17, 15) is 8.42 Å². The van der Waals surface area contributed by atoms with Crippen molar-refractivity contribution in [2.24, 2.45) is 0 Å². The minimum atomic E-state index is -3.66. The van der Waals surface area contributed by atoms with Crippen LogP contribution in [0.3, 0.4) is 0 Å². The van der Waals surface area contributed by atoms with Crippen LogP contribution in [0, 0.1) is 0 Å². The van der Waals surface area contributed by atoms with Crippen molar-refractivity contribution in [2.45, 2.75) is 43.2 Å². The van der Waals surface area contributed by atoms with Crippen molar-refractivity contribution >= 4 is 26.7 Å². The van der Waals surface area contributed by atoms with E-state index in [1.54, 1.807) is 24.4 Å². The second-order valence-corrected chi connectivity index (χ2v) is 10.2. The number of anilines is 1. The second-order valence-electron chi connectivity index (χ2n) is 8.39. The fraction of sp³-hybridized carbons (Fsp3) is 0.231. The number of hydrogen-bond acceptors (Lipinski definition) is 5. The topological polar surface area (TPSA) is 84.0 Å². The second kappa shape index (κ2) is 9.29. The van der Waals surface area contributed by atoms with Gasteiger partial charge in [-0.3, -0.25) is 4.98 Å². The number of hydrogen-bond donors (Lipinski definition) is 2. The maximum Gasteiger partial charge on any atom is 0.240 e. The van der Waals surface area contributed by atoms with Gasteiger partial charge >= 0.3 is 0 Å². The number of pyridine rings is 2. The highest BCUT2D eigenvalue weighted by atomic mass is 32.2. The summed E-state index contributed by atoms with van der Waals surface area (Å²) in [6.45, 7) is 0.240. The highest BCUT2D eigenvalue weighted by Gasteiger charge is 2.18. The van der Waals surface area contributed by atoms with Crippen LogP contribution in [0.1, 0.15) is 31.2 Å². The fourth-order valence-electron chi connectivity index (χ4n) is 4.27. The zero-order valence-electron chi connectivity index (χ0n) is 18.2. The summed E-state index contributed by atoms with van der Waals surface area (Å²) in [7, 11) is -3.66. The number of nitrogens with one attached hydrogen (secondary N) is 2. The fourth-order valence-corrected chi connectivity index (χ4v) is 5.34. The van der Waals surface area contributed by atoms with Gasteiger partial charge in [0, 0.05) is 24.3 Å². The number of benzene rings is 2. The Morgan fingerprint density at radius 2 is 1.73 bits per heavy atom. The van der Waals surface area contributed by atoms with E-state index >= 15 is 0 Å². The van der Waals surface area contributed by atoms with Crippen LogP contribution < -0.4 is 10.0 Å². The van der Waals surface area contributed by atoms with Gasteiger partial charge in [0.15, 0.2) is 0 Å². The molecule has 0 aliphatic heterocycles. The van der Waals surface area contributed by atoms with Gasteiger partial charge in [0.05, 0.1) is 21.8 Å². The highest BCUT2D eigenvalue weighted by molar-refractivity contribution is 7.89. The highest BCUT2D eigenvalue weighted by Crippen LogP contribution is 2.29. The van der Waals surface area contributed by atoms with Gasteiger partial charge in [-0.05, 0) is 48.7 Å². The summed E-state index contributed by atoms with van der Waals surface area (Å²) in [5.74, 6) is 0. The first-order valence-corrected chi connectivity index (χ1v) is 12.7. The molecule has 0 atom stereocenters. The van der Waals surface area contributed by atoms with Crippen LogP contribution in [0.15, 0.2) is 83.9 Å². The third-order valence-corrected chi connectivity index (χ3v) is 7.45. The molecule has 4 aromatic rings. The van der Waals surface area contributed by atoms with E-state index in [1.165, 1.54) is 25.7 Å². The van der Waals surface area contributed by atoms with Gasteiger partial charge < -0.3 is 5.32 Å². The lowest BCUT2D eigenvalue weighted by Gasteiger charge is -2.15. The van der Waals surface area contributed by atoms with Crippen LogP contribution in [-0.2, 0) is 16.6 Å². The summed E-state index contributed by atoms with van der Waals surface area (Å²) >= 11 is 0. The van der Waals surface area contributed by atoms with Gasteiger partial charge in [-0.1, -0.05) is 55.3 Å². The first kappa shape index (κ1) is 21.6. The molecule has 0 radical (unpaired) electrons. The Balaban J connectivity index is 1.43. The standard InChI is InChI=1S/C26H26N4O2S/c31-33(32,28-18-19-7-2-1-3-8-19)22-12-6-9-20(17-22)23-13-14-24-26(30-23)25(15-16-27-24)29-21-10-4-5-11-21/h1-3,6-9,12-17,21,28H,4-5,10-11,18H2,(H,27,29). The lowest BCUT2D eigenvalue weighted by Crippen LogP contribution is -2.23. The van der Waals surface area contributed by atoms with E-state index in [2.05, 4.69) is 15.0 Å². The van der Waals surface area contributed by atoms with Crippen molar-refractivity contribution in [1.82, 2.24) is 14.7 Å². The Kier molecular flexibility index (Phi) is 6.07. The molecular weight excluding hydrogens is 432 g/mol. The molecule has 6 nitrogen and oxygen atoms in total. The molecule has 33 heavy (non-hydrogen) atoms. The van der Waals surface area contributed by atoms with Crippen LogP contribution in [0.2, 0.25) is 0 Å². The Bertz CT molecular complexity index is 1370. The molecule has 2 N–H and O–H groups in total. The summed E-state index contributed by atoms with van der Waals surface area (Å²) in [6, 6.07) is 22.6. The van der Waals surface area contributed by atoms with Crippen LogP contribution in [0.4, 0.5) is 5.69 Å². The molecule has 168 valence electrons. The molecule has 1 aliphatic carbocycles. The van der Waals surface area contributed by atoms with E-state index in [0.29, 0.717) is 11.7 Å². The molecule has 1 aliphatic rings. The Labute approximate surface area is 194 Å². The molecule has 0 amide bonds. The quantitative estimate of drug-likeness (QED) is 0.401. The lowest BCUT2D eigenvalue weighted by atomic mass is 10.1. The molecule has 2 aromatic carbocycles. The maximum atomic E-state index is 12.9. The zero-order valence-corrected chi connectivity index (χ0v) is 19.1. The van der Waals surface area contributed by atoms with Crippen molar-refractivity contribution in [3.05, 3.63) is 84.6 Å². The molecule has 0 bridgehead atoms. The van der Waals surface area contributed by atoms with Crippen molar-refractivity contribution in [2.75, 3.05) is 5.32 Å². The normalized spacial score (nSPS) is 14.5. The third-order valence-electron chi connectivity index (χ3n) is 6.05. The van der Waals surface area contributed by atoms with Gasteiger partial charge in [0.1, 0.15) is 5.52 Å². The average Bonchev–Trinajstić information content (AvgIpc) is 3.37. The zero-order chi connectivity index (χ0) is 22.7. The summed E-state index contributed by atoms with van der Waals surface area (Å²) < 4.78 is 28.5. The van der Waals surface area contributed by atoms with Crippen molar-refractivity contribution in [3.8, 4) is 11.3 Å². The smallest absolute Gasteiger partial charge is 0.240 e. The van der Waals surface area contributed by atoms with Gasteiger partial charge in [0.2, 0.25) is 10.0 Å². The van der Waals surface area contributed by atoms with Gasteiger partial charge in [-0.2, -0.15) is 0 Å². The SMILES string of the molecule is O=S(=O)(NCc1ccccc1)c1cccc(-c2ccc3nccc(NC4CCCC4)c3n2)c1. The van der Waals surface area contributed by atoms with Crippen molar-refractivity contribution in [1.29, 1.82) is 0 Å². The maximum absolute atomic E-state index is 12.9. The molecule has 0 spiro atoms. The Morgan fingerprint density at radius 1 is 0.909 bits per heavy atom. The van der Waals surface area contributed by atoms with Gasteiger partial charge in [-0.15, -0.1) is 0 Å². The van der Waals surface area contributed by atoms with Crippen LogP contribution >= 0.6 is 0 Å². The van der Waals surface area contributed by atoms with E-state index in [-0.39, 0.29) is 11.4 Å². The van der Waals surface area contributed by atoms with Gasteiger partial charge in [0.25, 0.3) is 0 Å². The van der Waals surface area contributed by atoms with Crippen LogP contribution in [0.5, 0.6) is 0 Å². The largest absolute Gasteiger partial charge is 0.380 e. The number of sulfonamides is 1. The van der Waals surface area contributed by atoms with Gasteiger partial charge in [-0.25, -0.2) is 18.1 Å². The minimum Gasteiger partial charge on any atom is -0.380 e. The molecule has 2 heterocycles. The number of rotatable bonds is 7. The lowest BCUT2D eigenvalue weighted by molar-refractivity contribution is 0.581. The Hall–Kier alpha value is -3.29. The number of nitrogens with zero attached hydrogens (tertiary/aromatic N) is 2. The molecular formula is C26H26N4O2S. The van der Waals surface area contributed by atoms with E-state index in [1.807, 2.05) is 54.6 Å². The average molecular weight is 459 g/mol. The number of fused-ring (bicyclic) bond motifs is 1. The predicted octanol–water partition coefficient (Wildman–Crippen LogP) is 5.13. The van der Waals surface area contributed by atoms with Crippen molar-refractivity contribution < 1.29 is 8.42 Å². The predicted molar refractivity (Wildman–Crippen MR) is 131 cm³/mol. The molecule has 5 rings (SSSR count). The molecule has 1 saturated carbocycles. The summed E-state index contributed by atoms with van der Waals surface area (Å²) in [4.78, 5) is 9.53. The first-order valence-electron chi connectivity index (χ1n) is 11.2. The monoisotopic (exact) mass is 458 g/mol. The van der Waals surface area contributed by atoms with Crippen LogP contribution in [-0.4, -0.2) is 24.4 Å². The van der Waals surface area contributed by atoms with E-state index < -0.39 is 10.0 Å². The van der Waals surface area contributed by atoms with E-state index in [4.69, 9.17) is 4.98 Å². The number of aromatic nitrogens is 2. The molecule has 0 saturated heterocycles. The molecule has 0 unspecified atom stereocenters. The van der Waals surface area contributed by atoms with E-state index in [0.717, 1.165) is 27.8 Å². The first-order chi connectivity index (χ1) is 16.1.